The molecule has 10 nitrogen and oxygen atoms in total. The Balaban J connectivity index is 1.20. The molecular weight excluding hydrogens is 769 g/mol. The Morgan fingerprint density at radius 3 is 1.29 bits per heavy atom. The second-order valence-electron chi connectivity index (χ2n) is 18.0. The van der Waals surface area contributed by atoms with E-state index in [9.17, 15) is 0 Å². The van der Waals surface area contributed by atoms with Crippen LogP contribution in [-0.4, -0.2) is 63.5 Å². The van der Waals surface area contributed by atoms with Gasteiger partial charge < -0.3 is 9.47 Å². The molecule has 8 aromatic rings. The Bertz CT molecular complexity index is 3150. The van der Waals surface area contributed by atoms with Crippen molar-refractivity contribution in [2.24, 2.45) is 0 Å². The zero-order chi connectivity index (χ0) is 42.9. The minimum absolute atomic E-state index is 0.0981. The molecule has 10 heteroatoms. The number of pyridine rings is 2. The van der Waals surface area contributed by atoms with E-state index in [2.05, 4.69) is 111 Å². The smallest absolute Gasteiger partial charge is 0.457 e. The first-order chi connectivity index (χ1) is 29.8. The number of hydrogen-bond acceptors (Lipinski definition) is 4. The van der Waals surface area contributed by atoms with Gasteiger partial charge in [0.15, 0.2) is 14.1 Å². The lowest BCUT2D eigenvalue weighted by Crippen LogP contribution is -2.12. The standard InChI is InChI=1S/C52H48N8O2/c1-51(2,3)35-19-21-53-47(27-35)59-45-31-41(61-39-13-9-11-37(29-39)57-25-23-55(7)33-57)15-17-43(45)50-49(59)44-18-16-42(62-40-14-10-12-38(30-40)58-26-24-56(8)34-58)32-46(44)60(50)48-28-36(20-22-54-48)52(4,5)6/h9-32H,1-8H3/q+4. The molecule has 0 amide bonds. The predicted octanol–water partition coefficient (Wildman–Crippen LogP) is 11.6. The molecule has 4 aromatic heterocycles. The van der Waals surface area contributed by atoms with E-state index in [4.69, 9.17) is 19.4 Å². The summed E-state index contributed by atoms with van der Waals surface area (Å²) in [5.41, 5.74) is 8.03. The number of nitrogens with zero attached hydrogens (tertiary/aromatic N) is 8. The van der Waals surface area contributed by atoms with Gasteiger partial charge in [-0.1, -0.05) is 72.0 Å². The Labute approximate surface area is 360 Å². The first kappa shape index (κ1) is 38.6. The van der Waals surface area contributed by atoms with Crippen molar-refractivity contribution >= 4 is 56.2 Å². The van der Waals surface area contributed by atoms with E-state index >= 15 is 0 Å². The molecule has 2 aliphatic heterocycles. The molecule has 304 valence electrons. The van der Waals surface area contributed by atoms with E-state index < -0.39 is 0 Å². The van der Waals surface area contributed by atoms with E-state index in [1.54, 1.807) is 0 Å². The van der Waals surface area contributed by atoms with Crippen LogP contribution in [-0.2, 0) is 10.8 Å². The maximum absolute atomic E-state index is 6.65. The number of ether oxygens (including phenoxy) is 2. The normalized spacial score (nSPS) is 13.9. The number of aromatic nitrogens is 4. The van der Waals surface area contributed by atoms with Gasteiger partial charge >= 0.3 is 12.0 Å². The highest BCUT2D eigenvalue weighted by Gasteiger charge is 2.27. The van der Waals surface area contributed by atoms with Crippen molar-refractivity contribution in [1.29, 1.82) is 0 Å². The maximum Gasteiger partial charge on any atom is 0.495 e. The van der Waals surface area contributed by atoms with Crippen molar-refractivity contribution in [3.8, 4) is 34.6 Å². The molecule has 0 spiro atoms. The van der Waals surface area contributed by atoms with Crippen molar-refractivity contribution in [3.05, 3.63) is 158 Å². The van der Waals surface area contributed by atoms with Crippen molar-refractivity contribution < 1.29 is 27.8 Å². The third-order valence-corrected chi connectivity index (χ3v) is 11.4. The van der Waals surface area contributed by atoms with Crippen LogP contribution < -0.4 is 9.47 Å². The average Bonchev–Trinajstić information content (AvgIpc) is 4.03. The fourth-order valence-corrected chi connectivity index (χ4v) is 8.12. The minimum atomic E-state index is -0.0981. The molecular formula is C52H48N8O2+4. The van der Waals surface area contributed by atoms with Crippen molar-refractivity contribution in [2.75, 3.05) is 14.1 Å². The Morgan fingerprint density at radius 2 is 0.903 bits per heavy atom. The first-order valence-corrected chi connectivity index (χ1v) is 20.8. The summed E-state index contributed by atoms with van der Waals surface area (Å²) in [5, 5.41) is 2.06. The van der Waals surface area contributed by atoms with Gasteiger partial charge in [0, 0.05) is 47.4 Å². The van der Waals surface area contributed by atoms with Gasteiger partial charge in [0.25, 0.3) is 12.4 Å². The number of rotatable bonds is 8. The summed E-state index contributed by atoms with van der Waals surface area (Å²) in [4.78, 5) is 10.1. The molecule has 2 aliphatic rings. The molecule has 0 aliphatic carbocycles. The monoisotopic (exact) mass is 816 g/mol. The van der Waals surface area contributed by atoms with Gasteiger partial charge in [0.05, 0.1) is 34.2 Å². The summed E-state index contributed by atoms with van der Waals surface area (Å²) in [7, 11) is 3.91. The molecule has 4 aromatic carbocycles. The number of benzene rings is 4. The second-order valence-corrected chi connectivity index (χ2v) is 18.0. The largest absolute Gasteiger partial charge is 0.495 e. The lowest BCUT2D eigenvalue weighted by Gasteiger charge is -2.20. The van der Waals surface area contributed by atoms with Crippen LogP contribution in [0.15, 0.2) is 146 Å². The lowest BCUT2D eigenvalue weighted by molar-refractivity contribution is -0.429. The van der Waals surface area contributed by atoms with E-state index in [0.29, 0.717) is 11.5 Å². The number of hydrogen-bond donors (Lipinski definition) is 0. The molecule has 0 saturated carbocycles. The Hall–Kier alpha value is -7.64. The van der Waals surface area contributed by atoms with Crippen LogP contribution in [0.2, 0.25) is 0 Å². The van der Waals surface area contributed by atoms with Crippen LogP contribution in [0.4, 0.5) is 11.4 Å². The molecule has 0 radical (unpaired) electrons. The molecule has 0 fully saturated rings. The van der Waals surface area contributed by atoms with Gasteiger partial charge in [0.2, 0.25) is 23.8 Å². The van der Waals surface area contributed by atoms with Gasteiger partial charge in [-0.25, -0.2) is 9.97 Å². The van der Waals surface area contributed by atoms with Crippen LogP contribution >= 0.6 is 0 Å². The fourth-order valence-electron chi connectivity index (χ4n) is 8.12. The molecule has 6 heterocycles. The molecule has 0 atom stereocenters. The highest BCUT2D eigenvalue weighted by atomic mass is 16.5. The number of fused-ring (bicyclic) bond motifs is 5. The molecule has 10 rings (SSSR count). The van der Waals surface area contributed by atoms with Crippen LogP contribution in [0, 0.1) is 0 Å². The Morgan fingerprint density at radius 1 is 0.484 bits per heavy atom. The average molecular weight is 817 g/mol. The SMILES string of the molecule is C[N+]1=C=[N+](c2cccc(Oc3ccc4c(c3)n(-c3cc(C(C)(C)C)ccn3)c3c5ccc(Oc6cccc([N+]7=C=[N+](C)C=C7)c6)cc5n(-c5cc(C(C)(C)C)ccn5)c43)c2)C=C1. The van der Waals surface area contributed by atoms with E-state index in [1.807, 2.05) is 130 Å². The molecule has 0 unspecified atom stereocenters. The van der Waals surface area contributed by atoms with Gasteiger partial charge in [-0.05, 0) is 82.6 Å². The van der Waals surface area contributed by atoms with Crippen LogP contribution in [0.3, 0.4) is 0 Å². The van der Waals surface area contributed by atoms with E-state index in [0.717, 1.165) is 67.3 Å². The van der Waals surface area contributed by atoms with Crippen molar-refractivity contribution in [2.45, 2.75) is 52.4 Å². The third-order valence-electron chi connectivity index (χ3n) is 11.4. The second kappa shape index (κ2) is 14.5. The maximum atomic E-state index is 6.65. The van der Waals surface area contributed by atoms with Gasteiger partial charge in [-0.15, -0.1) is 0 Å². The molecule has 62 heavy (non-hydrogen) atoms. The Kier molecular flexibility index (Phi) is 9.03. The van der Waals surface area contributed by atoms with Crippen LogP contribution in [0.25, 0.3) is 44.5 Å². The van der Waals surface area contributed by atoms with Gasteiger partial charge in [-0.3, -0.25) is 9.13 Å². The van der Waals surface area contributed by atoms with E-state index in [-0.39, 0.29) is 10.8 Å². The summed E-state index contributed by atoms with van der Waals surface area (Å²) >= 11 is 0. The lowest BCUT2D eigenvalue weighted by atomic mass is 9.88. The predicted molar refractivity (Wildman–Crippen MR) is 244 cm³/mol. The quantitative estimate of drug-likeness (QED) is 0.143. The molecule has 0 bridgehead atoms. The highest BCUT2D eigenvalue weighted by molar-refractivity contribution is 6.20. The molecule has 0 N–H and O–H groups in total. The van der Waals surface area contributed by atoms with Gasteiger partial charge in [-0.2, -0.15) is 0 Å². The van der Waals surface area contributed by atoms with Crippen molar-refractivity contribution in [1.82, 2.24) is 19.1 Å². The molecule has 0 saturated heterocycles. The van der Waals surface area contributed by atoms with Gasteiger partial charge in [0.1, 0.15) is 34.6 Å². The fraction of sp³-hybridized carbons (Fsp3) is 0.192. The summed E-state index contributed by atoms with van der Waals surface area (Å²) < 4.78 is 25.6. The third kappa shape index (κ3) is 7.01. The summed E-state index contributed by atoms with van der Waals surface area (Å²) in [6, 6.07) is 43.9. The van der Waals surface area contributed by atoms with E-state index in [1.165, 1.54) is 11.1 Å². The summed E-state index contributed by atoms with van der Waals surface area (Å²) in [5.74, 6) is 4.49. The first-order valence-electron chi connectivity index (χ1n) is 20.8. The van der Waals surface area contributed by atoms with Crippen LogP contribution in [0.1, 0.15) is 52.7 Å². The highest BCUT2D eigenvalue weighted by Crippen LogP contribution is 2.44. The zero-order valence-electron chi connectivity index (χ0n) is 36.3. The zero-order valence-corrected chi connectivity index (χ0v) is 36.3. The van der Waals surface area contributed by atoms with Crippen molar-refractivity contribution in [3.63, 3.8) is 0 Å². The summed E-state index contributed by atoms with van der Waals surface area (Å²) in [6.07, 6.45) is 11.7. The summed E-state index contributed by atoms with van der Waals surface area (Å²) in [6.45, 7) is 13.4. The topological polar surface area (TPSA) is 66.1 Å². The van der Waals surface area contributed by atoms with Crippen LogP contribution in [0.5, 0.6) is 23.0 Å². The minimum Gasteiger partial charge on any atom is -0.457 e.